The largest absolute Gasteiger partial charge is 0.370 e. The first-order valence-electron chi connectivity index (χ1n) is 7.32. The molecule has 0 unspecified atom stereocenters. The lowest BCUT2D eigenvalue weighted by molar-refractivity contribution is -0.137. The molecule has 0 bridgehead atoms. The summed E-state index contributed by atoms with van der Waals surface area (Å²) in [4.78, 5) is 16.5. The van der Waals surface area contributed by atoms with E-state index in [-0.39, 0.29) is 5.92 Å². The van der Waals surface area contributed by atoms with Crippen LogP contribution in [0.25, 0.3) is 0 Å². The molecule has 104 valence electrons. The zero-order valence-electron chi connectivity index (χ0n) is 11.6. The average Bonchev–Trinajstić information content (AvgIpc) is 2.47. The van der Waals surface area contributed by atoms with E-state index in [0.29, 0.717) is 11.5 Å². The number of carbonyl (C=O) groups is 1. The van der Waals surface area contributed by atoms with Crippen molar-refractivity contribution in [1.82, 2.24) is 4.90 Å². The number of hydrogen-bond donors (Lipinski definition) is 0. The number of rotatable bonds is 2. The van der Waals surface area contributed by atoms with Crippen molar-refractivity contribution >= 4 is 11.6 Å². The van der Waals surface area contributed by atoms with Gasteiger partial charge in [-0.05, 0) is 43.5 Å². The van der Waals surface area contributed by atoms with E-state index >= 15 is 0 Å². The van der Waals surface area contributed by atoms with Crippen LogP contribution in [0.3, 0.4) is 0 Å². The summed E-state index contributed by atoms with van der Waals surface area (Å²) in [6, 6.07) is 9.69. The van der Waals surface area contributed by atoms with Gasteiger partial charge in [0, 0.05) is 31.9 Å². The number of piperidine rings is 1. The highest BCUT2D eigenvalue weighted by Crippen LogP contribution is 2.26. The van der Waals surface area contributed by atoms with E-state index in [1.165, 1.54) is 6.42 Å². The molecule has 0 spiro atoms. The third-order valence-corrected chi connectivity index (χ3v) is 4.26. The summed E-state index contributed by atoms with van der Waals surface area (Å²) in [5.41, 5.74) is 1.78. The lowest BCUT2D eigenvalue weighted by Gasteiger charge is -2.42. The van der Waals surface area contributed by atoms with Crippen LogP contribution >= 0.6 is 0 Å². The molecule has 1 aromatic carbocycles. The molecular weight excluding hydrogens is 250 g/mol. The summed E-state index contributed by atoms with van der Waals surface area (Å²) in [6.07, 6.45) is 3.56. The highest BCUT2D eigenvalue weighted by atomic mass is 16.2. The first-order chi connectivity index (χ1) is 9.78. The second-order valence-electron chi connectivity index (χ2n) is 5.65. The van der Waals surface area contributed by atoms with E-state index in [2.05, 4.69) is 11.0 Å². The minimum Gasteiger partial charge on any atom is -0.370 e. The van der Waals surface area contributed by atoms with Gasteiger partial charge >= 0.3 is 0 Å². The standard InChI is InChI=1S/C16H19N3O/c17-10-13-4-6-15(7-5-13)19-11-14(12-19)16(20)18-8-2-1-3-9-18/h4-7,14H,1-3,8-9,11-12H2. The van der Waals surface area contributed by atoms with Gasteiger partial charge in [-0.1, -0.05) is 0 Å². The fourth-order valence-electron chi connectivity index (χ4n) is 2.96. The average molecular weight is 269 g/mol. The molecule has 0 radical (unpaired) electrons. The van der Waals surface area contributed by atoms with Crippen LogP contribution in [-0.4, -0.2) is 37.0 Å². The third-order valence-electron chi connectivity index (χ3n) is 4.26. The number of hydrogen-bond acceptors (Lipinski definition) is 3. The SMILES string of the molecule is N#Cc1ccc(N2CC(C(=O)N3CCCCC3)C2)cc1. The van der Waals surface area contributed by atoms with E-state index in [4.69, 9.17) is 5.26 Å². The Hall–Kier alpha value is -2.02. The topological polar surface area (TPSA) is 47.3 Å². The fourth-order valence-corrected chi connectivity index (χ4v) is 2.96. The predicted octanol–water partition coefficient (Wildman–Crippen LogP) is 2.01. The maximum Gasteiger partial charge on any atom is 0.229 e. The molecule has 2 aliphatic rings. The van der Waals surface area contributed by atoms with Crippen molar-refractivity contribution < 1.29 is 4.79 Å². The number of nitriles is 1. The van der Waals surface area contributed by atoms with E-state index in [0.717, 1.165) is 44.7 Å². The van der Waals surface area contributed by atoms with Crippen LogP contribution in [0.1, 0.15) is 24.8 Å². The quantitative estimate of drug-likeness (QED) is 0.825. The van der Waals surface area contributed by atoms with Crippen LogP contribution in [-0.2, 0) is 4.79 Å². The van der Waals surface area contributed by atoms with Crippen molar-refractivity contribution in [2.75, 3.05) is 31.1 Å². The Labute approximate surface area is 119 Å². The van der Waals surface area contributed by atoms with Gasteiger partial charge < -0.3 is 9.80 Å². The molecule has 0 saturated carbocycles. The molecule has 0 atom stereocenters. The molecule has 4 heteroatoms. The number of carbonyl (C=O) groups excluding carboxylic acids is 1. The van der Waals surface area contributed by atoms with E-state index in [9.17, 15) is 4.79 Å². The minimum absolute atomic E-state index is 0.156. The number of anilines is 1. The van der Waals surface area contributed by atoms with Gasteiger partial charge in [-0.3, -0.25) is 4.79 Å². The zero-order chi connectivity index (χ0) is 13.9. The highest BCUT2D eigenvalue weighted by Gasteiger charge is 2.35. The molecule has 20 heavy (non-hydrogen) atoms. The molecule has 2 fully saturated rings. The minimum atomic E-state index is 0.156. The third kappa shape index (κ3) is 2.49. The Bertz CT molecular complexity index is 520. The van der Waals surface area contributed by atoms with Crippen LogP contribution < -0.4 is 4.90 Å². The number of benzene rings is 1. The molecule has 2 heterocycles. The monoisotopic (exact) mass is 269 g/mol. The van der Waals surface area contributed by atoms with Gasteiger partial charge in [0.05, 0.1) is 17.6 Å². The lowest BCUT2D eigenvalue weighted by Crippen LogP contribution is -2.55. The van der Waals surface area contributed by atoms with Crippen molar-refractivity contribution in [3.8, 4) is 6.07 Å². The van der Waals surface area contributed by atoms with Gasteiger partial charge in [0.2, 0.25) is 5.91 Å². The Morgan fingerprint density at radius 1 is 1.10 bits per heavy atom. The molecule has 2 aliphatic heterocycles. The number of amides is 1. The first kappa shape index (κ1) is 13.0. The Morgan fingerprint density at radius 2 is 1.75 bits per heavy atom. The number of likely N-dealkylation sites (tertiary alicyclic amines) is 1. The molecule has 0 aliphatic carbocycles. The highest BCUT2D eigenvalue weighted by molar-refractivity contribution is 5.82. The van der Waals surface area contributed by atoms with Crippen molar-refractivity contribution in [3.63, 3.8) is 0 Å². The molecule has 2 saturated heterocycles. The maximum absolute atomic E-state index is 12.3. The van der Waals surface area contributed by atoms with Crippen molar-refractivity contribution in [1.29, 1.82) is 5.26 Å². The van der Waals surface area contributed by atoms with Crippen LogP contribution in [0, 0.1) is 17.2 Å². The predicted molar refractivity (Wildman–Crippen MR) is 77.3 cm³/mol. The van der Waals surface area contributed by atoms with Crippen LogP contribution in [0.2, 0.25) is 0 Å². The molecule has 1 aromatic rings. The van der Waals surface area contributed by atoms with E-state index in [1.807, 2.05) is 29.2 Å². The van der Waals surface area contributed by atoms with E-state index in [1.54, 1.807) is 0 Å². The summed E-state index contributed by atoms with van der Waals surface area (Å²) in [5.74, 6) is 0.485. The maximum atomic E-state index is 12.3. The zero-order valence-corrected chi connectivity index (χ0v) is 11.6. The van der Waals surface area contributed by atoms with Crippen LogP contribution in [0.5, 0.6) is 0 Å². The smallest absolute Gasteiger partial charge is 0.229 e. The molecule has 0 N–H and O–H groups in total. The van der Waals surface area contributed by atoms with Gasteiger partial charge in [0.25, 0.3) is 0 Å². The lowest BCUT2D eigenvalue weighted by atomic mass is 9.96. The molecular formula is C16H19N3O. The Kier molecular flexibility index (Phi) is 3.60. The summed E-state index contributed by atoms with van der Waals surface area (Å²) >= 11 is 0. The Morgan fingerprint density at radius 3 is 2.35 bits per heavy atom. The van der Waals surface area contributed by atoms with Gasteiger partial charge in [-0.25, -0.2) is 0 Å². The summed E-state index contributed by atoms with van der Waals surface area (Å²) in [5, 5.41) is 8.78. The summed E-state index contributed by atoms with van der Waals surface area (Å²) in [7, 11) is 0. The van der Waals surface area contributed by atoms with Crippen LogP contribution in [0.4, 0.5) is 5.69 Å². The van der Waals surface area contributed by atoms with E-state index < -0.39 is 0 Å². The van der Waals surface area contributed by atoms with Gasteiger partial charge in [0.1, 0.15) is 0 Å². The fraction of sp³-hybridized carbons (Fsp3) is 0.500. The Balaban J connectivity index is 1.55. The van der Waals surface area contributed by atoms with Crippen molar-refractivity contribution in [2.45, 2.75) is 19.3 Å². The molecule has 4 nitrogen and oxygen atoms in total. The van der Waals surface area contributed by atoms with Crippen molar-refractivity contribution in [3.05, 3.63) is 29.8 Å². The second kappa shape index (κ2) is 5.54. The molecule has 0 aromatic heterocycles. The second-order valence-corrected chi connectivity index (χ2v) is 5.65. The van der Waals surface area contributed by atoms with Crippen LogP contribution in [0.15, 0.2) is 24.3 Å². The van der Waals surface area contributed by atoms with Gasteiger partial charge in [0.15, 0.2) is 0 Å². The molecule has 1 amide bonds. The molecule has 3 rings (SSSR count). The summed E-state index contributed by atoms with van der Waals surface area (Å²) in [6.45, 7) is 3.49. The van der Waals surface area contributed by atoms with Crippen molar-refractivity contribution in [2.24, 2.45) is 5.92 Å². The first-order valence-corrected chi connectivity index (χ1v) is 7.32. The normalized spacial score (nSPS) is 19.4. The number of nitrogens with zero attached hydrogens (tertiary/aromatic N) is 3. The van der Waals surface area contributed by atoms with Gasteiger partial charge in [-0.15, -0.1) is 0 Å². The van der Waals surface area contributed by atoms with Gasteiger partial charge in [-0.2, -0.15) is 5.26 Å². The summed E-state index contributed by atoms with van der Waals surface area (Å²) < 4.78 is 0.